The van der Waals surface area contributed by atoms with Crippen molar-refractivity contribution in [3.63, 3.8) is 0 Å². The summed E-state index contributed by atoms with van der Waals surface area (Å²) in [6, 6.07) is 5.38. The lowest BCUT2D eigenvalue weighted by molar-refractivity contribution is -0.134. The molecule has 0 aromatic heterocycles. The Morgan fingerprint density at radius 2 is 1.89 bits per heavy atom. The van der Waals surface area contributed by atoms with Gasteiger partial charge in [0.25, 0.3) is 0 Å². The molecule has 2 rings (SSSR count). The van der Waals surface area contributed by atoms with E-state index in [-0.39, 0.29) is 0 Å². The van der Waals surface area contributed by atoms with E-state index in [2.05, 4.69) is 0 Å². The minimum atomic E-state index is -0.837. The summed E-state index contributed by atoms with van der Waals surface area (Å²) in [5.41, 5.74) is 0.595. The van der Waals surface area contributed by atoms with Gasteiger partial charge < -0.3 is 24.1 Å². The highest BCUT2D eigenvalue weighted by molar-refractivity contribution is 5.46. The molecule has 0 radical (unpaired) electrons. The van der Waals surface area contributed by atoms with Gasteiger partial charge in [-0.25, -0.2) is 0 Å². The van der Waals surface area contributed by atoms with Gasteiger partial charge in [0.1, 0.15) is 23.7 Å². The van der Waals surface area contributed by atoms with Crippen molar-refractivity contribution in [2.45, 2.75) is 12.2 Å². The Kier molecular flexibility index (Phi) is 4.41. The minimum Gasteiger partial charge on any atom is -0.496 e. The van der Waals surface area contributed by atoms with E-state index in [9.17, 15) is 5.11 Å². The first-order valence-electron chi connectivity index (χ1n) is 5.86. The minimum absolute atomic E-state index is 0.363. The second-order valence-electron chi connectivity index (χ2n) is 4.01. The van der Waals surface area contributed by atoms with Gasteiger partial charge in [0, 0.05) is 0 Å². The molecule has 100 valence electrons. The van der Waals surface area contributed by atoms with E-state index in [1.54, 1.807) is 26.4 Å². The van der Waals surface area contributed by atoms with Crippen molar-refractivity contribution >= 4 is 0 Å². The first-order valence-corrected chi connectivity index (χ1v) is 5.86. The standard InChI is InChI=1S/C13H18O5/c1-15-9-4-3-5-10(16-2)12(9)13(14)11-8-17-6-7-18-11/h3-5,11,13-14H,6-8H2,1-2H3. The molecule has 1 aliphatic heterocycles. The zero-order valence-electron chi connectivity index (χ0n) is 10.6. The molecule has 1 N–H and O–H groups in total. The van der Waals surface area contributed by atoms with Crippen molar-refractivity contribution in [3.05, 3.63) is 23.8 Å². The molecule has 1 aliphatic rings. The maximum atomic E-state index is 10.4. The number of hydrogen-bond acceptors (Lipinski definition) is 5. The van der Waals surface area contributed by atoms with E-state index >= 15 is 0 Å². The molecule has 1 saturated heterocycles. The van der Waals surface area contributed by atoms with Crippen LogP contribution in [0.25, 0.3) is 0 Å². The molecule has 18 heavy (non-hydrogen) atoms. The summed E-state index contributed by atoms with van der Waals surface area (Å²) in [5, 5.41) is 10.4. The molecule has 0 aliphatic carbocycles. The van der Waals surface area contributed by atoms with Gasteiger partial charge in [0.2, 0.25) is 0 Å². The Balaban J connectivity index is 2.29. The monoisotopic (exact) mass is 254 g/mol. The molecule has 1 heterocycles. The van der Waals surface area contributed by atoms with E-state index in [4.69, 9.17) is 18.9 Å². The van der Waals surface area contributed by atoms with Crippen molar-refractivity contribution in [1.29, 1.82) is 0 Å². The zero-order valence-corrected chi connectivity index (χ0v) is 10.6. The molecule has 2 atom stereocenters. The fourth-order valence-corrected chi connectivity index (χ4v) is 2.05. The van der Waals surface area contributed by atoms with Crippen molar-refractivity contribution in [2.24, 2.45) is 0 Å². The molecule has 5 nitrogen and oxygen atoms in total. The molecule has 2 unspecified atom stereocenters. The van der Waals surface area contributed by atoms with E-state index < -0.39 is 12.2 Å². The van der Waals surface area contributed by atoms with E-state index in [0.717, 1.165) is 0 Å². The van der Waals surface area contributed by atoms with Crippen LogP contribution in [0.3, 0.4) is 0 Å². The van der Waals surface area contributed by atoms with Crippen LogP contribution in [0.15, 0.2) is 18.2 Å². The van der Waals surface area contributed by atoms with Gasteiger partial charge in [-0.3, -0.25) is 0 Å². The van der Waals surface area contributed by atoms with Crippen molar-refractivity contribution < 1.29 is 24.1 Å². The Bertz CT molecular complexity index is 365. The highest BCUT2D eigenvalue weighted by Gasteiger charge is 2.29. The molecular weight excluding hydrogens is 236 g/mol. The molecular formula is C13H18O5. The number of hydrogen-bond donors (Lipinski definition) is 1. The molecule has 0 spiro atoms. The third kappa shape index (κ3) is 2.58. The molecule has 1 aromatic carbocycles. The Morgan fingerprint density at radius 1 is 1.22 bits per heavy atom. The normalized spacial score (nSPS) is 21.4. The number of aliphatic hydroxyl groups is 1. The lowest BCUT2D eigenvalue weighted by atomic mass is 10.0. The van der Waals surface area contributed by atoms with Crippen LogP contribution < -0.4 is 9.47 Å². The largest absolute Gasteiger partial charge is 0.496 e. The van der Waals surface area contributed by atoms with Crippen LogP contribution in [-0.2, 0) is 9.47 Å². The van der Waals surface area contributed by atoms with Crippen molar-refractivity contribution in [1.82, 2.24) is 0 Å². The molecule has 0 saturated carbocycles. The summed E-state index contributed by atoms with van der Waals surface area (Å²) >= 11 is 0. The number of rotatable bonds is 4. The van der Waals surface area contributed by atoms with E-state index in [1.165, 1.54) is 0 Å². The molecule has 0 bridgehead atoms. The Hall–Kier alpha value is -1.30. The zero-order chi connectivity index (χ0) is 13.0. The average molecular weight is 254 g/mol. The van der Waals surface area contributed by atoms with Gasteiger partial charge in [0.15, 0.2) is 0 Å². The fourth-order valence-electron chi connectivity index (χ4n) is 2.05. The number of benzene rings is 1. The molecule has 0 amide bonds. The summed E-state index contributed by atoms with van der Waals surface area (Å²) in [7, 11) is 3.12. The average Bonchev–Trinajstić information content (AvgIpc) is 2.46. The Morgan fingerprint density at radius 3 is 2.39 bits per heavy atom. The summed E-state index contributed by atoms with van der Waals surface area (Å²) in [6.45, 7) is 1.41. The summed E-state index contributed by atoms with van der Waals surface area (Å²) < 4.78 is 21.3. The van der Waals surface area contributed by atoms with Gasteiger partial charge in [0.05, 0.1) is 39.6 Å². The van der Waals surface area contributed by atoms with Crippen LogP contribution in [0.2, 0.25) is 0 Å². The molecule has 1 fully saturated rings. The van der Waals surface area contributed by atoms with Gasteiger partial charge >= 0.3 is 0 Å². The highest BCUT2D eigenvalue weighted by atomic mass is 16.6. The van der Waals surface area contributed by atoms with Gasteiger partial charge in [-0.1, -0.05) is 6.07 Å². The lowest BCUT2D eigenvalue weighted by Gasteiger charge is -2.28. The first kappa shape index (κ1) is 13.1. The second kappa shape index (κ2) is 6.04. The number of ether oxygens (including phenoxy) is 4. The molecule has 5 heteroatoms. The van der Waals surface area contributed by atoms with Crippen LogP contribution >= 0.6 is 0 Å². The third-order valence-corrected chi connectivity index (χ3v) is 2.96. The van der Waals surface area contributed by atoms with Gasteiger partial charge in [-0.2, -0.15) is 0 Å². The predicted octanol–water partition coefficient (Wildman–Crippen LogP) is 1.15. The summed E-state index contributed by atoms with van der Waals surface area (Å²) in [4.78, 5) is 0. The highest BCUT2D eigenvalue weighted by Crippen LogP contribution is 2.36. The topological polar surface area (TPSA) is 57.2 Å². The van der Waals surface area contributed by atoms with Crippen molar-refractivity contribution in [3.8, 4) is 11.5 Å². The number of methoxy groups -OCH3 is 2. The van der Waals surface area contributed by atoms with Gasteiger partial charge in [-0.15, -0.1) is 0 Å². The van der Waals surface area contributed by atoms with Crippen molar-refractivity contribution in [2.75, 3.05) is 34.0 Å². The van der Waals surface area contributed by atoms with E-state index in [0.29, 0.717) is 36.9 Å². The summed E-state index contributed by atoms with van der Waals surface area (Å²) in [6.07, 6.45) is -1.24. The SMILES string of the molecule is COc1cccc(OC)c1C(O)C1COCCO1. The van der Waals surface area contributed by atoms with Crippen LogP contribution in [0.5, 0.6) is 11.5 Å². The quantitative estimate of drug-likeness (QED) is 0.873. The van der Waals surface area contributed by atoms with Gasteiger partial charge in [-0.05, 0) is 12.1 Å². The first-order chi connectivity index (χ1) is 8.77. The maximum absolute atomic E-state index is 10.4. The smallest absolute Gasteiger partial charge is 0.128 e. The summed E-state index contributed by atoms with van der Waals surface area (Å²) in [5.74, 6) is 1.16. The van der Waals surface area contributed by atoms with Crippen LogP contribution in [0.1, 0.15) is 11.7 Å². The second-order valence-corrected chi connectivity index (χ2v) is 4.01. The maximum Gasteiger partial charge on any atom is 0.128 e. The number of aliphatic hydroxyl groups excluding tert-OH is 1. The van der Waals surface area contributed by atoms with E-state index in [1.807, 2.05) is 6.07 Å². The fraction of sp³-hybridized carbons (Fsp3) is 0.538. The van der Waals surface area contributed by atoms with Crippen LogP contribution in [0.4, 0.5) is 0 Å². The Labute approximate surface area is 106 Å². The van der Waals surface area contributed by atoms with Crippen LogP contribution in [-0.4, -0.2) is 45.3 Å². The molecule has 1 aromatic rings. The third-order valence-electron chi connectivity index (χ3n) is 2.96. The van der Waals surface area contributed by atoms with Crippen LogP contribution in [0, 0.1) is 0 Å². The lowest BCUT2D eigenvalue weighted by Crippen LogP contribution is -2.34. The predicted molar refractivity (Wildman–Crippen MR) is 65.1 cm³/mol.